The van der Waals surface area contributed by atoms with Gasteiger partial charge in [0.15, 0.2) is 5.11 Å². The molecule has 0 spiro atoms. The molecular formula is C17H17ClN2O2S. The van der Waals surface area contributed by atoms with Gasteiger partial charge < -0.3 is 0 Å². The van der Waals surface area contributed by atoms with Crippen molar-refractivity contribution in [3.8, 4) is 0 Å². The van der Waals surface area contributed by atoms with Gasteiger partial charge in [-0.25, -0.2) is 0 Å². The van der Waals surface area contributed by atoms with Crippen LogP contribution in [0.5, 0.6) is 0 Å². The SMILES string of the molecule is C=CCN1C(=O)/C(=C\CCCc2ccc(Cl)cc2)C(=O)NC1=S. The summed E-state index contributed by atoms with van der Waals surface area (Å²) in [5, 5.41) is 3.36. The van der Waals surface area contributed by atoms with Crippen molar-refractivity contribution in [1.82, 2.24) is 10.2 Å². The Bertz CT molecular complexity index is 668. The predicted molar refractivity (Wildman–Crippen MR) is 95.1 cm³/mol. The van der Waals surface area contributed by atoms with Crippen LogP contribution in [0.25, 0.3) is 0 Å². The third-order valence-corrected chi connectivity index (χ3v) is 4.00. The highest BCUT2D eigenvalue weighted by Gasteiger charge is 2.32. The zero-order valence-corrected chi connectivity index (χ0v) is 14.1. The number of nitrogens with zero attached hydrogens (tertiary/aromatic N) is 1. The largest absolute Gasteiger partial charge is 0.298 e. The van der Waals surface area contributed by atoms with E-state index in [4.69, 9.17) is 23.8 Å². The normalized spacial score (nSPS) is 16.7. The summed E-state index contributed by atoms with van der Waals surface area (Å²) in [4.78, 5) is 25.5. The molecule has 0 aliphatic carbocycles. The van der Waals surface area contributed by atoms with Crippen molar-refractivity contribution in [1.29, 1.82) is 0 Å². The lowest BCUT2D eigenvalue weighted by molar-refractivity contribution is -0.128. The van der Waals surface area contributed by atoms with E-state index in [-0.39, 0.29) is 23.1 Å². The number of carbonyl (C=O) groups excluding carboxylic acids is 2. The Balaban J connectivity index is 1.96. The van der Waals surface area contributed by atoms with Gasteiger partial charge in [0.2, 0.25) is 0 Å². The fourth-order valence-electron chi connectivity index (χ4n) is 2.25. The standard InChI is InChI=1S/C17H17ClN2O2S/c1-2-11-20-16(22)14(15(21)19-17(20)23)6-4-3-5-12-7-9-13(18)10-8-12/h2,6-10H,1,3-5,11H2,(H,19,21,23)/b14-6-. The van der Waals surface area contributed by atoms with Crippen LogP contribution in [0.1, 0.15) is 18.4 Å². The van der Waals surface area contributed by atoms with Crippen LogP contribution < -0.4 is 5.32 Å². The average Bonchev–Trinajstić information content (AvgIpc) is 2.52. The summed E-state index contributed by atoms with van der Waals surface area (Å²) >= 11 is 10.8. The number of hydrogen-bond donors (Lipinski definition) is 1. The monoisotopic (exact) mass is 348 g/mol. The molecule has 1 fully saturated rings. The highest BCUT2D eigenvalue weighted by atomic mass is 35.5. The number of thiocarbonyl (C=S) groups is 1. The van der Waals surface area contributed by atoms with Gasteiger partial charge in [0, 0.05) is 11.6 Å². The van der Waals surface area contributed by atoms with Crippen molar-refractivity contribution in [3.05, 3.63) is 59.2 Å². The summed E-state index contributed by atoms with van der Waals surface area (Å²) in [6.45, 7) is 3.87. The molecule has 4 nitrogen and oxygen atoms in total. The third kappa shape index (κ3) is 4.50. The molecule has 1 heterocycles. The second-order valence-electron chi connectivity index (χ2n) is 5.10. The number of aryl methyl sites for hydroxylation is 1. The number of hydrogen-bond acceptors (Lipinski definition) is 3. The van der Waals surface area contributed by atoms with E-state index in [1.807, 2.05) is 24.3 Å². The molecule has 0 radical (unpaired) electrons. The Hall–Kier alpha value is -1.98. The maximum Gasteiger partial charge on any atom is 0.265 e. The van der Waals surface area contributed by atoms with Crippen LogP contribution in [-0.2, 0) is 16.0 Å². The lowest BCUT2D eigenvalue weighted by Crippen LogP contribution is -2.53. The molecule has 0 aromatic heterocycles. The van der Waals surface area contributed by atoms with E-state index in [0.717, 1.165) is 12.8 Å². The summed E-state index contributed by atoms with van der Waals surface area (Å²) in [5.74, 6) is -0.808. The van der Waals surface area contributed by atoms with Crippen LogP contribution in [0.3, 0.4) is 0 Å². The van der Waals surface area contributed by atoms with E-state index in [2.05, 4.69) is 11.9 Å². The van der Waals surface area contributed by atoms with Crippen molar-refractivity contribution >= 4 is 40.7 Å². The summed E-state index contributed by atoms with van der Waals surface area (Å²) in [6.07, 6.45) is 5.56. The van der Waals surface area contributed by atoms with Crippen molar-refractivity contribution in [2.45, 2.75) is 19.3 Å². The summed E-state index contributed by atoms with van der Waals surface area (Å²) in [5.41, 5.74) is 1.30. The highest BCUT2D eigenvalue weighted by Crippen LogP contribution is 2.14. The Morgan fingerprint density at radius 3 is 2.61 bits per heavy atom. The molecule has 0 bridgehead atoms. The number of rotatable bonds is 6. The van der Waals surface area contributed by atoms with E-state index in [0.29, 0.717) is 11.4 Å². The van der Waals surface area contributed by atoms with Gasteiger partial charge in [-0.3, -0.25) is 19.8 Å². The quantitative estimate of drug-likeness (QED) is 0.283. The first-order valence-electron chi connectivity index (χ1n) is 7.25. The zero-order valence-electron chi connectivity index (χ0n) is 12.5. The molecule has 1 N–H and O–H groups in total. The van der Waals surface area contributed by atoms with Crippen LogP contribution in [0.2, 0.25) is 5.02 Å². The van der Waals surface area contributed by atoms with E-state index in [9.17, 15) is 9.59 Å². The molecule has 1 saturated heterocycles. The first-order valence-corrected chi connectivity index (χ1v) is 8.04. The molecule has 1 aromatic carbocycles. The molecule has 120 valence electrons. The van der Waals surface area contributed by atoms with Gasteiger partial charge in [-0.15, -0.1) is 6.58 Å². The maximum atomic E-state index is 12.3. The van der Waals surface area contributed by atoms with Crippen molar-refractivity contribution in [2.75, 3.05) is 6.54 Å². The molecule has 2 amide bonds. The molecule has 6 heteroatoms. The van der Waals surface area contributed by atoms with Gasteiger partial charge in [0.05, 0.1) is 0 Å². The molecule has 1 aromatic rings. The number of benzene rings is 1. The topological polar surface area (TPSA) is 49.4 Å². The predicted octanol–water partition coefficient (Wildman–Crippen LogP) is 3.02. The minimum absolute atomic E-state index is 0.123. The fraction of sp³-hybridized carbons (Fsp3) is 0.235. The number of halogens is 1. The van der Waals surface area contributed by atoms with Crippen LogP contribution >= 0.6 is 23.8 Å². The van der Waals surface area contributed by atoms with Gasteiger partial charge in [0.1, 0.15) is 5.57 Å². The van der Waals surface area contributed by atoms with Crippen LogP contribution in [0.15, 0.2) is 48.6 Å². The second-order valence-corrected chi connectivity index (χ2v) is 5.92. The molecule has 1 aliphatic heterocycles. The summed E-state index contributed by atoms with van der Waals surface area (Å²) in [6, 6.07) is 7.64. The Labute approximate surface area is 145 Å². The zero-order chi connectivity index (χ0) is 16.8. The van der Waals surface area contributed by atoms with Gasteiger partial charge in [-0.2, -0.15) is 0 Å². The minimum atomic E-state index is -0.438. The molecule has 0 unspecified atom stereocenters. The van der Waals surface area contributed by atoms with E-state index in [1.54, 1.807) is 12.2 Å². The smallest absolute Gasteiger partial charge is 0.265 e. The third-order valence-electron chi connectivity index (χ3n) is 3.43. The Kier molecular flexibility index (Phi) is 6.07. The molecule has 0 saturated carbocycles. The molecule has 1 aliphatic rings. The van der Waals surface area contributed by atoms with E-state index in [1.165, 1.54) is 10.5 Å². The number of nitrogens with one attached hydrogen (secondary N) is 1. The van der Waals surface area contributed by atoms with Crippen molar-refractivity contribution in [2.24, 2.45) is 0 Å². The molecule has 0 atom stereocenters. The number of carbonyl (C=O) groups is 2. The lowest BCUT2D eigenvalue weighted by Gasteiger charge is -2.27. The highest BCUT2D eigenvalue weighted by molar-refractivity contribution is 7.80. The van der Waals surface area contributed by atoms with Crippen LogP contribution in [0, 0.1) is 0 Å². The number of allylic oxidation sites excluding steroid dienone is 1. The Morgan fingerprint density at radius 1 is 1.26 bits per heavy atom. The van der Waals surface area contributed by atoms with E-state index < -0.39 is 5.91 Å². The maximum absolute atomic E-state index is 12.3. The van der Waals surface area contributed by atoms with E-state index >= 15 is 0 Å². The fourth-order valence-corrected chi connectivity index (χ4v) is 2.62. The molecule has 2 rings (SSSR count). The van der Waals surface area contributed by atoms with Gasteiger partial charge in [-0.05, 0) is 49.2 Å². The Morgan fingerprint density at radius 2 is 1.96 bits per heavy atom. The summed E-state index contributed by atoms with van der Waals surface area (Å²) in [7, 11) is 0. The van der Waals surface area contributed by atoms with Crippen LogP contribution in [-0.4, -0.2) is 28.4 Å². The van der Waals surface area contributed by atoms with Crippen molar-refractivity contribution in [3.63, 3.8) is 0 Å². The first kappa shape index (κ1) is 17.4. The molecule has 23 heavy (non-hydrogen) atoms. The van der Waals surface area contributed by atoms with Crippen LogP contribution in [0.4, 0.5) is 0 Å². The van der Waals surface area contributed by atoms with Gasteiger partial charge in [-0.1, -0.05) is 35.9 Å². The lowest BCUT2D eigenvalue weighted by atomic mass is 10.1. The summed E-state index contributed by atoms with van der Waals surface area (Å²) < 4.78 is 0. The first-order chi connectivity index (χ1) is 11.0. The van der Waals surface area contributed by atoms with Gasteiger partial charge in [0.25, 0.3) is 11.8 Å². The van der Waals surface area contributed by atoms with Crippen molar-refractivity contribution < 1.29 is 9.59 Å². The molecular weight excluding hydrogens is 332 g/mol. The van der Waals surface area contributed by atoms with Gasteiger partial charge >= 0.3 is 0 Å². The number of unbranched alkanes of at least 4 members (excludes halogenated alkanes) is 1. The number of amides is 2. The second kappa shape index (κ2) is 8.04. The average molecular weight is 349 g/mol. The minimum Gasteiger partial charge on any atom is -0.298 e.